The van der Waals surface area contributed by atoms with Crippen LogP contribution in [0.3, 0.4) is 0 Å². The number of hydrogen-bond acceptors (Lipinski definition) is 5. The van der Waals surface area contributed by atoms with Gasteiger partial charge in [0.1, 0.15) is 0 Å². The zero-order valence-corrected chi connectivity index (χ0v) is 17.3. The van der Waals surface area contributed by atoms with Gasteiger partial charge in [-0.1, -0.05) is 11.6 Å². The molecular weight excluding hydrogens is 433 g/mol. The topological polar surface area (TPSA) is 106 Å². The smallest absolute Gasteiger partial charge is 0.257 e. The molecular formula is C19H17ClFN5O3S. The van der Waals surface area contributed by atoms with E-state index in [-0.39, 0.29) is 16.8 Å². The van der Waals surface area contributed by atoms with E-state index in [9.17, 15) is 17.6 Å². The van der Waals surface area contributed by atoms with Gasteiger partial charge in [-0.2, -0.15) is 0 Å². The van der Waals surface area contributed by atoms with Crippen LogP contribution in [0.25, 0.3) is 11.5 Å². The lowest BCUT2D eigenvalue weighted by Gasteiger charge is -2.09. The first kappa shape index (κ1) is 20.3. The molecule has 1 aliphatic carbocycles. The van der Waals surface area contributed by atoms with Crippen LogP contribution >= 0.6 is 11.6 Å². The fourth-order valence-corrected chi connectivity index (χ4v) is 3.80. The van der Waals surface area contributed by atoms with Crippen LogP contribution in [0, 0.1) is 5.82 Å². The van der Waals surface area contributed by atoms with Gasteiger partial charge in [-0.05, 0) is 37.1 Å². The van der Waals surface area contributed by atoms with E-state index in [0.717, 1.165) is 31.5 Å². The summed E-state index contributed by atoms with van der Waals surface area (Å²) in [5, 5.41) is 2.97. The van der Waals surface area contributed by atoms with Gasteiger partial charge in [-0.3, -0.25) is 9.52 Å². The number of rotatable bonds is 6. The summed E-state index contributed by atoms with van der Waals surface area (Å²) < 4.78 is 40.3. The van der Waals surface area contributed by atoms with E-state index in [0.29, 0.717) is 22.8 Å². The monoisotopic (exact) mass is 449 g/mol. The molecule has 0 spiro atoms. The highest BCUT2D eigenvalue weighted by molar-refractivity contribution is 7.92. The molecule has 1 aliphatic rings. The summed E-state index contributed by atoms with van der Waals surface area (Å²) >= 11 is 6.04. The van der Waals surface area contributed by atoms with Crippen molar-refractivity contribution in [2.75, 3.05) is 16.3 Å². The molecule has 2 N–H and O–H groups in total. The summed E-state index contributed by atoms with van der Waals surface area (Å²) in [5.41, 5.74) is 1.55. The third-order valence-electron chi connectivity index (χ3n) is 4.36. The first-order valence-electron chi connectivity index (χ1n) is 8.97. The molecule has 0 atom stereocenters. The largest absolute Gasteiger partial charge is 0.341 e. The first-order chi connectivity index (χ1) is 14.2. The number of carbonyl (C=O) groups is 1. The predicted octanol–water partition coefficient (Wildman–Crippen LogP) is 3.70. The standard InChI is InChI=1S/C19H17ClFN5O3S/c1-30(28,29)25-15-6-12(20)5-14(7-15)24-19(27)11-4-17(26(10-11)16-2-3-16)18-22-8-13(21)9-23-18/h4-10,16,25H,2-3H2,1H3,(H,24,27). The van der Waals surface area contributed by atoms with E-state index in [2.05, 4.69) is 20.0 Å². The quantitative estimate of drug-likeness (QED) is 0.596. The molecule has 0 saturated heterocycles. The van der Waals surface area contributed by atoms with Crippen LogP contribution in [0.1, 0.15) is 29.2 Å². The minimum atomic E-state index is -3.50. The van der Waals surface area contributed by atoms with E-state index < -0.39 is 21.7 Å². The Hall–Kier alpha value is -2.98. The van der Waals surface area contributed by atoms with Crippen LogP contribution in [0.2, 0.25) is 5.02 Å². The molecule has 1 aromatic carbocycles. The second kappa shape index (κ2) is 7.69. The molecule has 0 bridgehead atoms. The molecule has 11 heteroatoms. The molecule has 8 nitrogen and oxygen atoms in total. The molecule has 0 aliphatic heterocycles. The number of aromatic nitrogens is 3. The number of carbonyl (C=O) groups excluding carboxylic acids is 1. The van der Waals surface area contributed by atoms with Crippen LogP contribution in [-0.2, 0) is 10.0 Å². The van der Waals surface area contributed by atoms with E-state index in [1.807, 2.05) is 4.57 Å². The summed E-state index contributed by atoms with van der Waals surface area (Å²) in [5.74, 6) is -0.629. The molecule has 1 amide bonds. The summed E-state index contributed by atoms with van der Waals surface area (Å²) in [6.45, 7) is 0. The second-order valence-corrected chi connectivity index (χ2v) is 9.22. The third kappa shape index (κ3) is 4.77. The molecule has 1 fully saturated rings. The number of amides is 1. The highest BCUT2D eigenvalue weighted by atomic mass is 35.5. The van der Waals surface area contributed by atoms with E-state index in [4.69, 9.17) is 11.6 Å². The Bertz CT molecular complexity index is 1220. The Morgan fingerprint density at radius 1 is 1.17 bits per heavy atom. The lowest BCUT2D eigenvalue weighted by Crippen LogP contribution is -2.13. The average Bonchev–Trinajstić information content (AvgIpc) is 3.39. The van der Waals surface area contributed by atoms with Crippen molar-refractivity contribution in [1.29, 1.82) is 0 Å². The Morgan fingerprint density at radius 3 is 2.47 bits per heavy atom. The van der Waals surface area contributed by atoms with Gasteiger partial charge >= 0.3 is 0 Å². The van der Waals surface area contributed by atoms with Crippen LogP contribution in [0.5, 0.6) is 0 Å². The van der Waals surface area contributed by atoms with Gasteiger partial charge in [-0.15, -0.1) is 0 Å². The van der Waals surface area contributed by atoms with E-state index in [1.165, 1.54) is 18.2 Å². The van der Waals surface area contributed by atoms with Crippen molar-refractivity contribution in [3.8, 4) is 11.5 Å². The zero-order valence-electron chi connectivity index (χ0n) is 15.8. The molecule has 0 radical (unpaired) electrons. The van der Waals surface area contributed by atoms with Crippen molar-refractivity contribution in [2.45, 2.75) is 18.9 Å². The molecule has 1 saturated carbocycles. The van der Waals surface area contributed by atoms with Crippen molar-refractivity contribution >= 4 is 38.9 Å². The summed E-state index contributed by atoms with van der Waals surface area (Å²) in [7, 11) is -3.50. The molecule has 4 rings (SSSR count). The van der Waals surface area contributed by atoms with Crippen molar-refractivity contribution < 1.29 is 17.6 Å². The van der Waals surface area contributed by atoms with Crippen molar-refractivity contribution in [1.82, 2.24) is 14.5 Å². The summed E-state index contributed by atoms with van der Waals surface area (Å²) in [4.78, 5) is 20.8. The maximum absolute atomic E-state index is 13.2. The van der Waals surface area contributed by atoms with Crippen molar-refractivity contribution in [2.24, 2.45) is 0 Å². The van der Waals surface area contributed by atoms with Crippen molar-refractivity contribution in [3.05, 3.63) is 59.3 Å². The van der Waals surface area contributed by atoms with Crippen molar-refractivity contribution in [3.63, 3.8) is 0 Å². The van der Waals surface area contributed by atoms with Crippen LogP contribution in [0.4, 0.5) is 15.8 Å². The SMILES string of the molecule is CS(=O)(=O)Nc1cc(Cl)cc(NC(=O)c2cc(-c3ncc(F)cn3)n(C3CC3)c2)c1. The summed E-state index contributed by atoms with van der Waals surface area (Å²) in [6, 6.07) is 6.29. The molecule has 3 aromatic rings. The Kier molecular flexibility index (Phi) is 5.20. The van der Waals surface area contributed by atoms with Crippen LogP contribution < -0.4 is 10.0 Å². The fraction of sp³-hybridized carbons (Fsp3) is 0.211. The number of benzene rings is 1. The molecule has 0 unspecified atom stereocenters. The maximum Gasteiger partial charge on any atom is 0.257 e. The molecule has 156 valence electrons. The number of nitrogens with one attached hydrogen (secondary N) is 2. The minimum Gasteiger partial charge on any atom is -0.341 e. The van der Waals surface area contributed by atoms with Crippen LogP contribution in [-0.4, -0.2) is 35.1 Å². The maximum atomic E-state index is 13.2. The van der Waals surface area contributed by atoms with Gasteiger partial charge in [0.05, 0.1) is 35.6 Å². The average molecular weight is 450 g/mol. The second-order valence-electron chi connectivity index (χ2n) is 7.03. The lowest BCUT2D eigenvalue weighted by atomic mass is 10.2. The third-order valence-corrected chi connectivity index (χ3v) is 5.18. The normalized spacial score (nSPS) is 13.8. The van der Waals surface area contributed by atoms with Gasteiger partial charge in [0, 0.05) is 22.9 Å². The summed E-state index contributed by atoms with van der Waals surface area (Å²) in [6.07, 6.45) is 6.82. The number of nitrogens with zero attached hydrogens (tertiary/aromatic N) is 3. The molecule has 2 heterocycles. The zero-order chi connectivity index (χ0) is 21.5. The van der Waals surface area contributed by atoms with Crippen LogP contribution in [0.15, 0.2) is 42.9 Å². The minimum absolute atomic E-state index is 0.233. The first-order valence-corrected chi connectivity index (χ1v) is 11.2. The van der Waals surface area contributed by atoms with E-state index >= 15 is 0 Å². The van der Waals surface area contributed by atoms with Gasteiger partial charge in [-0.25, -0.2) is 22.8 Å². The van der Waals surface area contributed by atoms with Gasteiger partial charge in [0.2, 0.25) is 10.0 Å². The number of sulfonamides is 1. The number of halogens is 2. The van der Waals surface area contributed by atoms with Gasteiger partial charge < -0.3 is 9.88 Å². The fourth-order valence-electron chi connectivity index (χ4n) is 3.02. The highest BCUT2D eigenvalue weighted by Gasteiger charge is 2.28. The predicted molar refractivity (Wildman–Crippen MR) is 112 cm³/mol. The highest BCUT2D eigenvalue weighted by Crippen LogP contribution is 2.39. The van der Waals surface area contributed by atoms with Gasteiger partial charge in [0.15, 0.2) is 11.6 Å². The Labute approximate surface area is 177 Å². The Morgan fingerprint density at radius 2 is 1.83 bits per heavy atom. The molecule has 2 aromatic heterocycles. The van der Waals surface area contributed by atoms with E-state index in [1.54, 1.807) is 12.3 Å². The Balaban J connectivity index is 1.61. The molecule has 30 heavy (non-hydrogen) atoms. The number of hydrogen-bond donors (Lipinski definition) is 2. The number of anilines is 2. The lowest BCUT2D eigenvalue weighted by molar-refractivity contribution is 0.102. The van der Waals surface area contributed by atoms with Gasteiger partial charge in [0.25, 0.3) is 5.91 Å².